The maximum atomic E-state index is 12.9. The SMILES string of the molecule is COc1ccc(C(=O)N(c2ccc(NC(C)=O)cc2)C2CC2)cc1. The molecule has 0 unspecified atom stereocenters. The van der Waals surface area contributed by atoms with Crippen molar-refractivity contribution >= 4 is 23.2 Å². The van der Waals surface area contributed by atoms with E-state index in [1.165, 1.54) is 6.92 Å². The highest BCUT2D eigenvalue weighted by molar-refractivity contribution is 6.07. The zero-order valence-corrected chi connectivity index (χ0v) is 13.8. The summed E-state index contributed by atoms with van der Waals surface area (Å²) in [5.74, 6) is 0.590. The van der Waals surface area contributed by atoms with Gasteiger partial charge in [0.25, 0.3) is 5.91 Å². The van der Waals surface area contributed by atoms with E-state index >= 15 is 0 Å². The van der Waals surface area contributed by atoms with Crippen molar-refractivity contribution in [3.63, 3.8) is 0 Å². The highest BCUT2D eigenvalue weighted by Crippen LogP contribution is 2.33. The number of methoxy groups -OCH3 is 1. The topological polar surface area (TPSA) is 58.6 Å². The summed E-state index contributed by atoms with van der Waals surface area (Å²) in [5.41, 5.74) is 2.19. The maximum absolute atomic E-state index is 12.9. The summed E-state index contributed by atoms with van der Waals surface area (Å²) in [7, 11) is 1.60. The van der Waals surface area contributed by atoms with E-state index < -0.39 is 0 Å². The van der Waals surface area contributed by atoms with Crippen molar-refractivity contribution in [2.24, 2.45) is 0 Å². The molecule has 1 aliphatic rings. The van der Waals surface area contributed by atoms with Gasteiger partial charge in [-0.15, -0.1) is 0 Å². The molecule has 2 amide bonds. The van der Waals surface area contributed by atoms with Crippen molar-refractivity contribution in [2.45, 2.75) is 25.8 Å². The average Bonchev–Trinajstić information content (AvgIpc) is 3.41. The van der Waals surface area contributed by atoms with Gasteiger partial charge in [0, 0.05) is 29.9 Å². The Labute approximate surface area is 141 Å². The zero-order chi connectivity index (χ0) is 17.1. The molecule has 0 spiro atoms. The molecule has 2 aromatic carbocycles. The lowest BCUT2D eigenvalue weighted by Crippen LogP contribution is -2.33. The summed E-state index contributed by atoms with van der Waals surface area (Å²) in [6.45, 7) is 1.47. The summed E-state index contributed by atoms with van der Waals surface area (Å²) in [5, 5.41) is 2.73. The van der Waals surface area contributed by atoms with Crippen molar-refractivity contribution in [3.8, 4) is 5.75 Å². The third-order valence-electron chi connectivity index (χ3n) is 3.93. The third-order valence-corrected chi connectivity index (χ3v) is 3.93. The Bertz CT molecular complexity index is 734. The van der Waals surface area contributed by atoms with E-state index in [1.807, 2.05) is 29.2 Å². The molecule has 124 valence electrons. The molecule has 0 saturated heterocycles. The standard InChI is InChI=1S/C19H20N2O3/c1-13(22)20-15-5-7-16(8-6-15)21(17-9-10-17)19(23)14-3-11-18(24-2)12-4-14/h3-8,11-12,17H,9-10H2,1-2H3,(H,20,22). The highest BCUT2D eigenvalue weighted by Gasteiger charge is 2.34. The van der Waals surface area contributed by atoms with Crippen LogP contribution in [0.4, 0.5) is 11.4 Å². The second kappa shape index (κ2) is 6.74. The molecule has 24 heavy (non-hydrogen) atoms. The van der Waals surface area contributed by atoms with Gasteiger partial charge in [-0.25, -0.2) is 0 Å². The van der Waals surface area contributed by atoms with Crippen molar-refractivity contribution in [2.75, 3.05) is 17.3 Å². The molecule has 2 aromatic rings. The summed E-state index contributed by atoms with van der Waals surface area (Å²) < 4.78 is 5.14. The second-order valence-electron chi connectivity index (χ2n) is 5.86. The molecule has 0 heterocycles. The molecule has 1 saturated carbocycles. The van der Waals surface area contributed by atoms with Crippen LogP contribution in [0, 0.1) is 0 Å². The van der Waals surface area contributed by atoms with Crippen molar-refractivity contribution < 1.29 is 14.3 Å². The van der Waals surface area contributed by atoms with Gasteiger partial charge in [-0.05, 0) is 61.4 Å². The first kappa shape index (κ1) is 16.1. The molecule has 0 atom stereocenters. The number of nitrogens with zero attached hydrogens (tertiary/aromatic N) is 1. The number of rotatable bonds is 5. The Morgan fingerprint density at radius 3 is 2.17 bits per heavy atom. The zero-order valence-electron chi connectivity index (χ0n) is 13.8. The van der Waals surface area contributed by atoms with E-state index in [-0.39, 0.29) is 17.9 Å². The first-order valence-electron chi connectivity index (χ1n) is 7.94. The molecule has 0 aliphatic heterocycles. The molecule has 0 aromatic heterocycles. The molecule has 0 bridgehead atoms. The average molecular weight is 324 g/mol. The van der Waals surface area contributed by atoms with Gasteiger partial charge in [-0.3, -0.25) is 9.59 Å². The molecule has 5 nitrogen and oxygen atoms in total. The summed E-state index contributed by atoms with van der Waals surface area (Å²) in [6.07, 6.45) is 2.02. The number of carbonyl (C=O) groups is 2. The number of nitrogens with one attached hydrogen (secondary N) is 1. The second-order valence-corrected chi connectivity index (χ2v) is 5.86. The molecule has 5 heteroatoms. The van der Waals surface area contributed by atoms with Gasteiger partial charge in [0.15, 0.2) is 0 Å². The molecular weight excluding hydrogens is 304 g/mol. The van der Waals surface area contributed by atoms with Crippen molar-refractivity contribution in [1.82, 2.24) is 0 Å². The van der Waals surface area contributed by atoms with Gasteiger partial charge in [0.05, 0.1) is 7.11 Å². The fourth-order valence-corrected chi connectivity index (χ4v) is 2.61. The van der Waals surface area contributed by atoms with Crippen LogP contribution in [-0.2, 0) is 4.79 Å². The predicted molar refractivity (Wildman–Crippen MR) is 93.6 cm³/mol. The van der Waals surface area contributed by atoms with E-state index in [0.29, 0.717) is 5.56 Å². The van der Waals surface area contributed by atoms with Gasteiger partial charge in [-0.1, -0.05) is 0 Å². The highest BCUT2D eigenvalue weighted by atomic mass is 16.5. The Balaban J connectivity index is 1.83. The van der Waals surface area contributed by atoms with Crippen LogP contribution in [0.25, 0.3) is 0 Å². The van der Waals surface area contributed by atoms with E-state index in [2.05, 4.69) is 5.32 Å². The molecule has 1 N–H and O–H groups in total. The van der Waals surface area contributed by atoms with E-state index in [1.54, 1.807) is 31.4 Å². The molecule has 0 radical (unpaired) electrons. The van der Waals surface area contributed by atoms with Crippen LogP contribution in [0.15, 0.2) is 48.5 Å². The van der Waals surface area contributed by atoms with Crippen molar-refractivity contribution in [1.29, 1.82) is 0 Å². The third kappa shape index (κ3) is 3.56. The van der Waals surface area contributed by atoms with Crippen molar-refractivity contribution in [3.05, 3.63) is 54.1 Å². The van der Waals surface area contributed by atoms with Crippen LogP contribution >= 0.6 is 0 Å². The lowest BCUT2D eigenvalue weighted by atomic mass is 10.1. The Morgan fingerprint density at radius 1 is 1.04 bits per heavy atom. The van der Waals surface area contributed by atoms with Gasteiger partial charge in [0.1, 0.15) is 5.75 Å². The quantitative estimate of drug-likeness (QED) is 0.916. The Morgan fingerprint density at radius 2 is 1.67 bits per heavy atom. The van der Waals surface area contributed by atoms with E-state index in [0.717, 1.165) is 30.0 Å². The normalized spacial score (nSPS) is 13.2. The van der Waals surface area contributed by atoms with Crippen LogP contribution < -0.4 is 15.0 Å². The van der Waals surface area contributed by atoms with Crippen LogP contribution in [-0.4, -0.2) is 25.0 Å². The minimum Gasteiger partial charge on any atom is -0.497 e. The van der Waals surface area contributed by atoms with Gasteiger partial charge in [-0.2, -0.15) is 0 Å². The minimum absolute atomic E-state index is 0.0209. The number of ether oxygens (including phenoxy) is 1. The summed E-state index contributed by atoms with van der Waals surface area (Å²) in [6, 6.07) is 14.7. The first-order chi connectivity index (χ1) is 11.6. The van der Waals surface area contributed by atoms with Crippen LogP contribution in [0.5, 0.6) is 5.75 Å². The number of hydrogen-bond donors (Lipinski definition) is 1. The molecule has 1 aliphatic carbocycles. The maximum Gasteiger partial charge on any atom is 0.258 e. The number of hydrogen-bond acceptors (Lipinski definition) is 3. The molecule has 3 rings (SSSR count). The Kier molecular flexibility index (Phi) is 4.51. The van der Waals surface area contributed by atoms with E-state index in [9.17, 15) is 9.59 Å². The smallest absolute Gasteiger partial charge is 0.258 e. The van der Waals surface area contributed by atoms with Crippen LogP contribution in [0.1, 0.15) is 30.1 Å². The minimum atomic E-state index is -0.115. The van der Waals surface area contributed by atoms with Gasteiger partial charge in [0.2, 0.25) is 5.91 Å². The number of anilines is 2. The van der Waals surface area contributed by atoms with Gasteiger partial charge >= 0.3 is 0 Å². The van der Waals surface area contributed by atoms with Crippen LogP contribution in [0.2, 0.25) is 0 Å². The lowest BCUT2D eigenvalue weighted by Gasteiger charge is -2.23. The lowest BCUT2D eigenvalue weighted by molar-refractivity contribution is -0.114. The molecule has 1 fully saturated rings. The fraction of sp³-hybridized carbons (Fsp3) is 0.263. The largest absolute Gasteiger partial charge is 0.497 e. The fourth-order valence-electron chi connectivity index (χ4n) is 2.61. The summed E-state index contributed by atoms with van der Waals surface area (Å²) >= 11 is 0. The predicted octanol–water partition coefficient (Wildman–Crippen LogP) is 3.46. The summed E-state index contributed by atoms with van der Waals surface area (Å²) in [4.78, 5) is 25.8. The molecular formula is C19H20N2O3. The monoisotopic (exact) mass is 324 g/mol. The Hall–Kier alpha value is -2.82. The first-order valence-corrected chi connectivity index (χ1v) is 7.94. The van der Waals surface area contributed by atoms with E-state index in [4.69, 9.17) is 4.74 Å². The van der Waals surface area contributed by atoms with Gasteiger partial charge < -0.3 is 15.0 Å². The number of benzene rings is 2. The number of carbonyl (C=O) groups excluding carboxylic acids is 2. The van der Waals surface area contributed by atoms with Crippen LogP contribution in [0.3, 0.4) is 0 Å². The number of amides is 2.